The predicted octanol–water partition coefficient (Wildman–Crippen LogP) is 4.06. The van der Waals surface area contributed by atoms with Crippen molar-refractivity contribution in [2.24, 2.45) is 0 Å². The zero-order valence-corrected chi connectivity index (χ0v) is 9.65. The van der Waals surface area contributed by atoms with E-state index in [1.807, 2.05) is 0 Å². The molecule has 19 heavy (non-hydrogen) atoms. The number of carbonyl (C=O) groups is 1. The van der Waals surface area contributed by atoms with Gasteiger partial charge in [-0.15, -0.1) is 13.2 Å². The van der Waals surface area contributed by atoms with Gasteiger partial charge in [0.2, 0.25) is 0 Å². The van der Waals surface area contributed by atoms with E-state index in [1.165, 1.54) is 6.07 Å². The van der Waals surface area contributed by atoms with Gasteiger partial charge in [-0.05, 0) is 17.2 Å². The number of ether oxygens (including phenoxy) is 1. The molecular weight excluding hydrogens is 257 g/mol. The Bertz CT molecular complexity index is 577. The Morgan fingerprint density at radius 2 is 1.63 bits per heavy atom. The van der Waals surface area contributed by atoms with E-state index in [0.717, 1.165) is 6.07 Å². The summed E-state index contributed by atoms with van der Waals surface area (Å²) >= 11 is 0. The Hall–Kier alpha value is -2.30. The lowest BCUT2D eigenvalue weighted by molar-refractivity contribution is -0.274. The van der Waals surface area contributed by atoms with Crippen molar-refractivity contribution in [3.8, 4) is 16.9 Å². The van der Waals surface area contributed by atoms with Crippen LogP contribution < -0.4 is 4.74 Å². The third-order valence-electron chi connectivity index (χ3n) is 2.49. The third-order valence-corrected chi connectivity index (χ3v) is 2.49. The molecule has 0 saturated carbocycles. The topological polar surface area (TPSA) is 26.3 Å². The lowest BCUT2D eigenvalue weighted by atomic mass is 10.00. The van der Waals surface area contributed by atoms with Gasteiger partial charge in [0.15, 0.2) is 6.29 Å². The Morgan fingerprint density at radius 3 is 2.21 bits per heavy atom. The van der Waals surface area contributed by atoms with Gasteiger partial charge < -0.3 is 4.74 Å². The van der Waals surface area contributed by atoms with E-state index in [0.29, 0.717) is 17.4 Å². The van der Waals surface area contributed by atoms with Gasteiger partial charge in [-0.2, -0.15) is 0 Å². The first kappa shape index (κ1) is 13.1. The number of benzene rings is 2. The molecule has 0 aliphatic heterocycles. The van der Waals surface area contributed by atoms with Crippen LogP contribution >= 0.6 is 0 Å². The number of hydrogen-bond donors (Lipinski definition) is 0. The van der Waals surface area contributed by atoms with Crippen LogP contribution in [0, 0.1) is 0 Å². The van der Waals surface area contributed by atoms with Gasteiger partial charge in [-0.25, -0.2) is 0 Å². The molecule has 0 aliphatic carbocycles. The fraction of sp³-hybridized carbons (Fsp3) is 0.0714. The predicted molar refractivity (Wildman–Crippen MR) is 63.9 cm³/mol. The molecule has 0 spiro atoms. The second-order valence-corrected chi connectivity index (χ2v) is 3.75. The molecule has 0 fully saturated rings. The average molecular weight is 266 g/mol. The Balaban J connectivity index is 2.52. The van der Waals surface area contributed by atoms with Crippen molar-refractivity contribution in [3.63, 3.8) is 0 Å². The van der Waals surface area contributed by atoms with E-state index in [9.17, 15) is 18.0 Å². The van der Waals surface area contributed by atoms with Crippen LogP contribution in [0.4, 0.5) is 13.2 Å². The fourth-order valence-electron chi connectivity index (χ4n) is 1.75. The van der Waals surface area contributed by atoms with Gasteiger partial charge in [0, 0.05) is 0 Å². The van der Waals surface area contributed by atoms with Crippen molar-refractivity contribution in [1.82, 2.24) is 0 Å². The summed E-state index contributed by atoms with van der Waals surface area (Å²) in [6.45, 7) is 0. The van der Waals surface area contributed by atoms with E-state index in [2.05, 4.69) is 4.74 Å². The molecule has 0 heterocycles. The van der Waals surface area contributed by atoms with Gasteiger partial charge in [0.25, 0.3) is 0 Å². The van der Waals surface area contributed by atoms with Crippen molar-refractivity contribution in [2.45, 2.75) is 6.36 Å². The van der Waals surface area contributed by atoms with Crippen LogP contribution in [-0.2, 0) is 0 Å². The van der Waals surface area contributed by atoms with Gasteiger partial charge in [0.05, 0.1) is 5.56 Å². The zero-order valence-electron chi connectivity index (χ0n) is 9.65. The molecule has 0 N–H and O–H groups in total. The highest BCUT2D eigenvalue weighted by Gasteiger charge is 2.32. The summed E-state index contributed by atoms with van der Waals surface area (Å²) < 4.78 is 40.6. The van der Waals surface area contributed by atoms with Crippen LogP contribution in [0.25, 0.3) is 11.1 Å². The van der Waals surface area contributed by atoms with Crippen LogP contribution in [0.15, 0.2) is 48.5 Å². The molecule has 2 aromatic carbocycles. The number of carbonyl (C=O) groups excluding carboxylic acids is 1. The monoisotopic (exact) mass is 266 g/mol. The maximum Gasteiger partial charge on any atom is 0.573 e. The van der Waals surface area contributed by atoms with Crippen LogP contribution in [0.2, 0.25) is 0 Å². The second-order valence-electron chi connectivity index (χ2n) is 3.75. The number of halogens is 3. The minimum atomic E-state index is -4.83. The highest BCUT2D eigenvalue weighted by molar-refractivity contribution is 5.91. The summed E-state index contributed by atoms with van der Waals surface area (Å²) in [5.41, 5.74) is 0.931. The van der Waals surface area contributed by atoms with Crippen molar-refractivity contribution in [3.05, 3.63) is 54.1 Å². The molecule has 0 aromatic heterocycles. The Morgan fingerprint density at radius 1 is 0.947 bits per heavy atom. The van der Waals surface area contributed by atoms with Crippen LogP contribution in [0.3, 0.4) is 0 Å². The molecule has 0 bridgehead atoms. The number of alkyl halides is 3. The Labute approximate surface area is 107 Å². The molecule has 2 nitrogen and oxygen atoms in total. The maximum atomic E-state index is 12.3. The molecule has 0 radical (unpaired) electrons. The quantitative estimate of drug-likeness (QED) is 0.783. The molecule has 0 amide bonds. The molecule has 0 unspecified atom stereocenters. The van der Waals surface area contributed by atoms with Gasteiger partial charge >= 0.3 is 6.36 Å². The van der Waals surface area contributed by atoms with Gasteiger partial charge in [0.1, 0.15) is 5.75 Å². The SMILES string of the molecule is O=Cc1c(OC(F)(F)F)cccc1-c1ccccc1. The van der Waals surface area contributed by atoms with Crippen molar-refractivity contribution < 1.29 is 22.7 Å². The standard InChI is InChI=1S/C14H9F3O2/c15-14(16,17)19-13-8-4-7-11(12(13)9-18)10-5-2-1-3-6-10/h1-9H. The fourth-order valence-corrected chi connectivity index (χ4v) is 1.75. The van der Waals surface area contributed by atoms with Crippen LogP contribution in [0.5, 0.6) is 5.75 Å². The molecule has 2 rings (SSSR count). The van der Waals surface area contributed by atoms with Crippen molar-refractivity contribution in [2.75, 3.05) is 0 Å². The molecule has 0 atom stereocenters. The molecule has 98 valence electrons. The summed E-state index contributed by atoms with van der Waals surface area (Å²) in [5, 5.41) is 0. The Kier molecular flexibility index (Phi) is 3.55. The van der Waals surface area contributed by atoms with Crippen LogP contribution in [-0.4, -0.2) is 12.6 Å². The number of hydrogen-bond acceptors (Lipinski definition) is 2. The number of aldehydes is 1. The van der Waals surface area contributed by atoms with E-state index >= 15 is 0 Å². The summed E-state index contributed by atoms with van der Waals surface area (Å²) in [4.78, 5) is 11.1. The summed E-state index contributed by atoms with van der Waals surface area (Å²) in [5.74, 6) is -0.496. The summed E-state index contributed by atoms with van der Waals surface area (Å²) in [7, 11) is 0. The number of rotatable bonds is 3. The largest absolute Gasteiger partial charge is 0.573 e. The van der Waals surface area contributed by atoms with E-state index in [-0.39, 0.29) is 5.56 Å². The molecule has 2 aromatic rings. The lowest BCUT2D eigenvalue weighted by Crippen LogP contribution is -2.18. The molecule has 5 heteroatoms. The lowest BCUT2D eigenvalue weighted by Gasteiger charge is -2.13. The van der Waals surface area contributed by atoms with Gasteiger partial charge in [-0.3, -0.25) is 4.79 Å². The normalized spacial score (nSPS) is 11.1. The summed E-state index contributed by atoms with van der Waals surface area (Å²) in [6, 6.07) is 12.8. The van der Waals surface area contributed by atoms with Crippen molar-refractivity contribution >= 4 is 6.29 Å². The van der Waals surface area contributed by atoms with E-state index < -0.39 is 12.1 Å². The van der Waals surface area contributed by atoms with Crippen LogP contribution in [0.1, 0.15) is 10.4 Å². The molecule has 0 aliphatic rings. The van der Waals surface area contributed by atoms with E-state index in [4.69, 9.17) is 0 Å². The van der Waals surface area contributed by atoms with Gasteiger partial charge in [-0.1, -0.05) is 42.5 Å². The minimum Gasteiger partial charge on any atom is -0.405 e. The first-order valence-electron chi connectivity index (χ1n) is 5.40. The zero-order chi connectivity index (χ0) is 13.9. The third kappa shape index (κ3) is 3.13. The maximum absolute atomic E-state index is 12.3. The van der Waals surface area contributed by atoms with E-state index in [1.54, 1.807) is 36.4 Å². The average Bonchev–Trinajstić information content (AvgIpc) is 2.37. The molecular formula is C14H9F3O2. The first-order chi connectivity index (χ1) is 9.01. The first-order valence-corrected chi connectivity index (χ1v) is 5.40. The smallest absolute Gasteiger partial charge is 0.405 e. The highest BCUT2D eigenvalue weighted by atomic mass is 19.4. The van der Waals surface area contributed by atoms with Crippen molar-refractivity contribution in [1.29, 1.82) is 0 Å². The minimum absolute atomic E-state index is 0.119. The second kappa shape index (κ2) is 5.14. The summed E-state index contributed by atoms with van der Waals surface area (Å²) in [6.07, 6.45) is -4.46. The molecule has 0 saturated heterocycles. The highest BCUT2D eigenvalue weighted by Crippen LogP contribution is 2.32.